The topological polar surface area (TPSA) is 70.1 Å². The van der Waals surface area contributed by atoms with E-state index in [1.165, 1.54) is 0 Å². The fraction of sp³-hybridized carbons (Fsp3) is 0.500. The van der Waals surface area contributed by atoms with E-state index in [0.717, 1.165) is 6.92 Å². The number of aliphatic carboxylic acids is 1. The molecule has 8 heavy (non-hydrogen) atoms. The van der Waals surface area contributed by atoms with Gasteiger partial charge in [0.2, 0.25) is 0 Å². The van der Waals surface area contributed by atoms with Crippen LogP contribution in [-0.4, -0.2) is 11.4 Å². The van der Waals surface area contributed by atoms with Crippen molar-refractivity contribution in [2.75, 3.05) is 0 Å². The molecule has 1 N–H and O–H groups in total. The van der Waals surface area contributed by atoms with Crippen LogP contribution >= 0.6 is 0 Å². The summed E-state index contributed by atoms with van der Waals surface area (Å²) in [6, 6.07) is 0. The average molecular weight is 193 g/mol. The summed E-state index contributed by atoms with van der Waals surface area (Å²) in [5.41, 5.74) is 0. The Balaban J connectivity index is -0.00000000750. The minimum absolute atomic E-state index is 0. The Hall–Kier alpha value is 4.34. The first-order chi connectivity index (χ1) is 1.73. The SMILES string of the molecule is CC(=O)[O-].[K+].[K+].[K+].[OH-]. The van der Waals surface area contributed by atoms with Crippen LogP contribution in [0.5, 0.6) is 0 Å². The van der Waals surface area contributed by atoms with Crippen molar-refractivity contribution in [1.29, 1.82) is 0 Å². The standard InChI is InChI=1S/C2H4O2.3K.H2O/c1-2(3)4;;;;/h1H3,(H,3,4);;;;1H2/q;3*+1;/p-2. The van der Waals surface area contributed by atoms with Crippen LogP contribution in [0.1, 0.15) is 6.92 Å². The van der Waals surface area contributed by atoms with Gasteiger partial charge < -0.3 is 15.4 Å². The van der Waals surface area contributed by atoms with Gasteiger partial charge in [-0.3, -0.25) is 0 Å². The Kier molecular flexibility index (Phi) is 82.9. The first-order valence-corrected chi connectivity index (χ1v) is 0.908. The van der Waals surface area contributed by atoms with Gasteiger partial charge in [0.15, 0.2) is 0 Å². The molecule has 3 nitrogen and oxygen atoms in total. The van der Waals surface area contributed by atoms with E-state index in [-0.39, 0.29) is 160 Å². The molecule has 0 rings (SSSR count). The first kappa shape index (κ1) is 29.5. The summed E-state index contributed by atoms with van der Waals surface area (Å²) in [6.07, 6.45) is 0. The molecule has 6 heteroatoms. The molecule has 32 valence electrons. The zero-order chi connectivity index (χ0) is 3.58. The molecule has 0 aromatic carbocycles. The van der Waals surface area contributed by atoms with E-state index in [9.17, 15) is 0 Å². The van der Waals surface area contributed by atoms with E-state index in [1.807, 2.05) is 0 Å². The van der Waals surface area contributed by atoms with E-state index in [1.54, 1.807) is 0 Å². The van der Waals surface area contributed by atoms with E-state index in [2.05, 4.69) is 0 Å². The van der Waals surface area contributed by atoms with Crippen LogP contribution in [0.3, 0.4) is 0 Å². The molecular formula is C2H4K3O3+. The Morgan fingerprint density at radius 3 is 1.25 bits per heavy atom. The van der Waals surface area contributed by atoms with Gasteiger partial charge in [-0.05, 0) is 6.92 Å². The Morgan fingerprint density at radius 1 is 1.25 bits per heavy atom. The predicted octanol–water partition coefficient (Wildman–Crippen LogP) is -10.4. The van der Waals surface area contributed by atoms with Crippen molar-refractivity contribution in [3.63, 3.8) is 0 Å². The van der Waals surface area contributed by atoms with Gasteiger partial charge in [0.25, 0.3) is 0 Å². The maximum atomic E-state index is 8.89. The number of hydrogen-bond acceptors (Lipinski definition) is 3. The summed E-state index contributed by atoms with van der Waals surface area (Å²) >= 11 is 0. The fourth-order valence-corrected chi connectivity index (χ4v) is 0. The van der Waals surface area contributed by atoms with Gasteiger partial charge in [-0.15, -0.1) is 0 Å². The van der Waals surface area contributed by atoms with Gasteiger partial charge in [0, 0.05) is 5.97 Å². The molecule has 0 aliphatic heterocycles. The zero-order valence-corrected chi connectivity index (χ0v) is 15.1. The quantitative estimate of drug-likeness (QED) is 0.359. The minimum atomic E-state index is -1.08. The number of carboxylic acid groups (broad SMARTS) is 1. The second-order valence-corrected chi connectivity index (χ2v) is 0.492. The average Bonchev–Trinajstić information content (AvgIpc) is 0.811. The first-order valence-electron chi connectivity index (χ1n) is 0.908. The predicted molar refractivity (Wildman–Crippen MR) is 12.6 cm³/mol. The van der Waals surface area contributed by atoms with Crippen LogP contribution in [0, 0.1) is 0 Å². The van der Waals surface area contributed by atoms with Crippen LogP contribution in [0.15, 0.2) is 0 Å². The molecule has 0 radical (unpaired) electrons. The van der Waals surface area contributed by atoms with E-state index in [0.29, 0.717) is 0 Å². The molecule has 0 saturated carbocycles. The van der Waals surface area contributed by atoms with Gasteiger partial charge in [-0.1, -0.05) is 0 Å². The molecule has 0 aromatic rings. The smallest absolute Gasteiger partial charge is 0.870 e. The van der Waals surface area contributed by atoms with Crippen molar-refractivity contribution in [2.24, 2.45) is 0 Å². The maximum Gasteiger partial charge on any atom is 1.00 e. The Bertz CT molecular complexity index is 35.5. The van der Waals surface area contributed by atoms with Crippen LogP contribution in [0.25, 0.3) is 0 Å². The van der Waals surface area contributed by atoms with Crippen molar-refractivity contribution >= 4 is 5.97 Å². The third kappa shape index (κ3) is 47.9. The van der Waals surface area contributed by atoms with Crippen molar-refractivity contribution in [2.45, 2.75) is 6.92 Å². The molecule has 0 aliphatic rings. The van der Waals surface area contributed by atoms with Gasteiger partial charge in [0.05, 0.1) is 0 Å². The molecule has 0 saturated heterocycles. The van der Waals surface area contributed by atoms with Crippen LogP contribution in [0.2, 0.25) is 0 Å². The molecular weight excluding hydrogens is 189 g/mol. The Morgan fingerprint density at radius 2 is 1.25 bits per heavy atom. The third-order valence-corrected chi connectivity index (χ3v) is 0. The monoisotopic (exact) mass is 193 g/mol. The second-order valence-electron chi connectivity index (χ2n) is 0.492. The fourth-order valence-electron chi connectivity index (χ4n) is 0. The van der Waals surface area contributed by atoms with Crippen LogP contribution in [-0.2, 0) is 4.79 Å². The third-order valence-electron chi connectivity index (χ3n) is 0. The van der Waals surface area contributed by atoms with Crippen molar-refractivity contribution in [1.82, 2.24) is 0 Å². The number of carboxylic acids is 1. The minimum Gasteiger partial charge on any atom is -0.870 e. The summed E-state index contributed by atoms with van der Waals surface area (Å²) in [6.45, 7) is 0.972. The summed E-state index contributed by atoms with van der Waals surface area (Å²) in [5.74, 6) is -1.08. The molecule has 0 fully saturated rings. The van der Waals surface area contributed by atoms with Crippen molar-refractivity contribution < 1.29 is 170 Å². The van der Waals surface area contributed by atoms with Crippen LogP contribution in [0.4, 0.5) is 0 Å². The van der Waals surface area contributed by atoms with Crippen molar-refractivity contribution in [3.05, 3.63) is 0 Å². The summed E-state index contributed by atoms with van der Waals surface area (Å²) < 4.78 is 0. The number of hydrogen-bond donors (Lipinski definition) is 0. The normalized spacial score (nSPS) is 3.12. The van der Waals surface area contributed by atoms with Crippen LogP contribution < -0.4 is 159 Å². The van der Waals surface area contributed by atoms with E-state index < -0.39 is 5.97 Å². The maximum absolute atomic E-state index is 8.89. The number of rotatable bonds is 0. The van der Waals surface area contributed by atoms with Gasteiger partial charge in [-0.25, -0.2) is 0 Å². The van der Waals surface area contributed by atoms with Gasteiger partial charge in [-0.2, -0.15) is 0 Å². The summed E-state index contributed by atoms with van der Waals surface area (Å²) in [5, 5.41) is 8.89. The molecule has 0 heterocycles. The van der Waals surface area contributed by atoms with Crippen molar-refractivity contribution in [3.8, 4) is 0 Å². The van der Waals surface area contributed by atoms with E-state index in [4.69, 9.17) is 9.90 Å². The Labute approximate surface area is 176 Å². The summed E-state index contributed by atoms with van der Waals surface area (Å²) in [7, 11) is 0. The molecule has 0 aliphatic carbocycles. The molecule has 0 atom stereocenters. The second kappa shape index (κ2) is 22.5. The van der Waals surface area contributed by atoms with Gasteiger partial charge >= 0.3 is 154 Å². The molecule has 0 unspecified atom stereocenters. The molecule has 0 amide bonds. The molecule has 0 bridgehead atoms. The summed E-state index contributed by atoms with van der Waals surface area (Å²) in [4.78, 5) is 8.89. The zero-order valence-electron chi connectivity index (χ0n) is 5.76. The largest absolute Gasteiger partial charge is 1.00 e. The number of carbonyl (C=O) groups excluding carboxylic acids is 1. The molecule has 0 spiro atoms. The molecule has 0 aromatic heterocycles. The van der Waals surface area contributed by atoms with Gasteiger partial charge in [0.1, 0.15) is 0 Å². The number of carbonyl (C=O) groups is 1. The van der Waals surface area contributed by atoms with E-state index >= 15 is 0 Å².